The van der Waals surface area contributed by atoms with Crippen molar-refractivity contribution in [1.29, 1.82) is 0 Å². The molecule has 102 valence electrons. The maximum atomic E-state index is 11.7. The van der Waals surface area contributed by atoms with Gasteiger partial charge >= 0.3 is 0 Å². The summed E-state index contributed by atoms with van der Waals surface area (Å²) in [6.45, 7) is 2.09. The number of aliphatic hydroxyl groups is 1. The van der Waals surface area contributed by atoms with E-state index in [2.05, 4.69) is 4.98 Å². The first-order valence-corrected chi connectivity index (χ1v) is 6.00. The molecule has 0 saturated carbocycles. The Labute approximate surface area is 110 Å². The van der Waals surface area contributed by atoms with Crippen LogP contribution in [0.3, 0.4) is 0 Å². The molecule has 0 saturated heterocycles. The molecule has 0 bridgehead atoms. The van der Waals surface area contributed by atoms with Crippen LogP contribution in [0, 0.1) is 6.92 Å². The number of oxazole rings is 1. The second-order valence-corrected chi connectivity index (χ2v) is 4.48. The first-order valence-electron chi connectivity index (χ1n) is 6.00. The van der Waals surface area contributed by atoms with Crippen LogP contribution in [-0.4, -0.2) is 40.6 Å². The summed E-state index contributed by atoms with van der Waals surface area (Å²) in [5.41, 5.74) is 7.65. The molecular weight excluding hydrogens is 246 g/mol. The van der Waals surface area contributed by atoms with Crippen LogP contribution in [0.2, 0.25) is 0 Å². The van der Waals surface area contributed by atoms with Gasteiger partial charge in [0.15, 0.2) is 11.5 Å². The highest BCUT2D eigenvalue weighted by Gasteiger charge is 2.18. The zero-order valence-electron chi connectivity index (χ0n) is 11.0. The standard InChI is InChI=1S/C13H17N3O3/c1-8-15-10-4-3-9(5-12(10)19-8)7-16(2)13(18)11(17)6-14/h3-5,11,17H,6-7,14H2,1-2H3. The molecule has 1 heterocycles. The van der Waals surface area contributed by atoms with E-state index in [0.717, 1.165) is 11.1 Å². The molecule has 0 fully saturated rings. The first kappa shape index (κ1) is 13.5. The summed E-state index contributed by atoms with van der Waals surface area (Å²) in [5.74, 6) is 0.214. The van der Waals surface area contributed by atoms with Crippen molar-refractivity contribution in [2.24, 2.45) is 5.73 Å². The SMILES string of the molecule is Cc1nc2ccc(CN(C)C(=O)C(O)CN)cc2o1. The number of carbonyl (C=O) groups is 1. The number of aliphatic hydroxyl groups excluding tert-OH is 1. The van der Waals surface area contributed by atoms with Gasteiger partial charge in [0.2, 0.25) is 0 Å². The number of aromatic nitrogens is 1. The number of hydrogen-bond donors (Lipinski definition) is 2. The quantitative estimate of drug-likeness (QED) is 0.833. The molecule has 0 aliphatic rings. The third-order valence-corrected chi connectivity index (χ3v) is 2.86. The van der Waals surface area contributed by atoms with Crippen LogP contribution in [0.5, 0.6) is 0 Å². The van der Waals surface area contributed by atoms with E-state index in [1.165, 1.54) is 4.90 Å². The Hall–Kier alpha value is -1.92. The van der Waals surface area contributed by atoms with E-state index in [-0.39, 0.29) is 6.54 Å². The zero-order valence-corrected chi connectivity index (χ0v) is 11.0. The minimum Gasteiger partial charge on any atom is -0.441 e. The lowest BCUT2D eigenvalue weighted by atomic mass is 10.2. The Morgan fingerprint density at radius 2 is 2.32 bits per heavy atom. The van der Waals surface area contributed by atoms with Gasteiger partial charge in [0.25, 0.3) is 5.91 Å². The molecule has 1 aromatic carbocycles. The third kappa shape index (κ3) is 2.91. The molecule has 1 aromatic heterocycles. The van der Waals surface area contributed by atoms with Crippen molar-refractivity contribution in [2.75, 3.05) is 13.6 Å². The van der Waals surface area contributed by atoms with Gasteiger partial charge < -0.3 is 20.2 Å². The van der Waals surface area contributed by atoms with E-state index in [0.29, 0.717) is 18.0 Å². The summed E-state index contributed by atoms with van der Waals surface area (Å²) >= 11 is 0. The minimum absolute atomic E-state index is 0.0799. The normalized spacial score (nSPS) is 12.6. The minimum atomic E-state index is -1.15. The first-order chi connectivity index (χ1) is 9.01. The molecule has 0 spiro atoms. The summed E-state index contributed by atoms with van der Waals surface area (Å²) in [4.78, 5) is 17.3. The Morgan fingerprint density at radius 3 is 3.00 bits per heavy atom. The summed E-state index contributed by atoms with van der Waals surface area (Å²) in [6.07, 6.45) is -1.15. The Balaban J connectivity index is 2.14. The summed E-state index contributed by atoms with van der Waals surface area (Å²) < 4.78 is 5.44. The van der Waals surface area contributed by atoms with Gasteiger partial charge in [0, 0.05) is 27.1 Å². The van der Waals surface area contributed by atoms with Crippen molar-refractivity contribution in [3.8, 4) is 0 Å². The van der Waals surface area contributed by atoms with Crippen molar-refractivity contribution in [3.63, 3.8) is 0 Å². The number of nitrogens with two attached hydrogens (primary N) is 1. The summed E-state index contributed by atoms with van der Waals surface area (Å²) in [5, 5.41) is 9.41. The molecule has 1 amide bonds. The Kier molecular flexibility index (Phi) is 3.82. The fourth-order valence-corrected chi connectivity index (χ4v) is 1.89. The average molecular weight is 263 g/mol. The van der Waals surface area contributed by atoms with Crippen LogP contribution < -0.4 is 5.73 Å². The molecule has 6 heteroatoms. The summed E-state index contributed by atoms with van der Waals surface area (Å²) in [6, 6.07) is 5.57. The molecular formula is C13H17N3O3. The van der Waals surface area contributed by atoms with Crippen molar-refractivity contribution in [1.82, 2.24) is 9.88 Å². The van der Waals surface area contributed by atoms with Crippen LogP contribution in [-0.2, 0) is 11.3 Å². The van der Waals surface area contributed by atoms with E-state index in [1.807, 2.05) is 18.2 Å². The van der Waals surface area contributed by atoms with Crippen LogP contribution in [0.1, 0.15) is 11.5 Å². The van der Waals surface area contributed by atoms with E-state index in [4.69, 9.17) is 10.2 Å². The van der Waals surface area contributed by atoms with Gasteiger partial charge in [0.1, 0.15) is 11.6 Å². The largest absolute Gasteiger partial charge is 0.441 e. The maximum absolute atomic E-state index is 11.7. The molecule has 2 rings (SSSR count). The van der Waals surface area contributed by atoms with Crippen LogP contribution in [0.25, 0.3) is 11.1 Å². The molecule has 19 heavy (non-hydrogen) atoms. The number of nitrogens with zero attached hydrogens (tertiary/aromatic N) is 2. The molecule has 0 aliphatic heterocycles. The lowest BCUT2D eigenvalue weighted by molar-refractivity contribution is -0.138. The molecule has 6 nitrogen and oxygen atoms in total. The Bertz CT molecular complexity index is 594. The number of fused-ring (bicyclic) bond motifs is 1. The molecule has 1 unspecified atom stereocenters. The highest BCUT2D eigenvalue weighted by Crippen LogP contribution is 2.17. The van der Waals surface area contributed by atoms with Crippen molar-refractivity contribution >= 4 is 17.0 Å². The maximum Gasteiger partial charge on any atom is 0.252 e. The average Bonchev–Trinajstić information content (AvgIpc) is 2.76. The zero-order chi connectivity index (χ0) is 14.0. The highest BCUT2D eigenvalue weighted by molar-refractivity contribution is 5.80. The van der Waals surface area contributed by atoms with Gasteiger partial charge in [-0.15, -0.1) is 0 Å². The fourth-order valence-electron chi connectivity index (χ4n) is 1.89. The molecule has 1 atom stereocenters. The predicted molar refractivity (Wildman–Crippen MR) is 70.3 cm³/mol. The number of rotatable bonds is 4. The third-order valence-electron chi connectivity index (χ3n) is 2.86. The number of carbonyl (C=O) groups excluding carboxylic acids is 1. The van der Waals surface area contributed by atoms with Gasteiger partial charge in [-0.3, -0.25) is 4.79 Å². The highest BCUT2D eigenvalue weighted by atomic mass is 16.3. The van der Waals surface area contributed by atoms with E-state index >= 15 is 0 Å². The van der Waals surface area contributed by atoms with E-state index in [1.54, 1.807) is 14.0 Å². The molecule has 2 aromatic rings. The second-order valence-electron chi connectivity index (χ2n) is 4.48. The lowest BCUT2D eigenvalue weighted by Crippen LogP contribution is -2.40. The smallest absolute Gasteiger partial charge is 0.252 e. The Morgan fingerprint density at radius 1 is 1.58 bits per heavy atom. The van der Waals surface area contributed by atoms with Gasteiger partial charge in [-0.1, -0.05) is 6.07 Å². The fraction of sp³-hybridized carbons (Fsp3) is 0.385. The van der Waals surface area contributed by atoms with E-state index in [9.17, 15) is 9.90 Å². The summed E-state index contributed by atoms with van der Waals surface area (Å²) in [7, 11) is 1.62. The van der Waals surface area contributed by atoms with Gasteiger partial charge in [-0.2, -0.15) is 0 Å². The van der Waals surface area contributed by atoms with E-state index < -0.39 is 12.0 Å². The van der Waals surface area contributed by atoms with Crippen LogP contribution >= 0.6 is 0 Å². The molecule has 0 aliphatic carbocycles. The topological polar surface area (TPSA) is 92.6 Å². The number of benzene rings is 1. The van der Waals surface area contributed by atoms with Crippen LogP contribution in [0.15, 0.2) is 22.6 Å². The van der Waals surface area contributed by atoms with Gasteiger partial charge in [0.05, 0.1) is 0 Å². The molecule has 3 N–H and O–H groups in total. The number of hydrogen-bond acceptors (Lipinski definition) is 5. The van der Waals surface area contributed by atoms with Gasteiger partial charge in [-0.05, 0) is 17.7 Å². The number of amides is 1. The van der Waals surface area contributed by atoms with Crippen LogP contribution in [0.4, 0.5) is 0 Å². The van der Waals surface area contributed by atoms with Crippen molar-refractivity contribution in [3.05, 3.63) is 29.7 Å². The predicted octanol–water partition coefficient (Wildman–Crippen LogP) is 0.414. The number of aryl methyl sites for hydroxylation is 1. The monoisotopic (exact) mass is 263 g/mol. The molecule has 0 radical (unpaired) electrons. The van der Waals surface area contributed by atoms with Crippen molar-refractivity contribution in [2.45, 2.75) is 19.6 Å². The van der Waals surface area contributed by atoms with Gasteiger partial charge in [-0.25, -0.2) is 4.98 Å². The lowest BCUT2D eigenvalue weighted by Gasteiger charge is -2.19. The second kappa shape index (κ2) is 5.38. The number of likely N-dealkylation sites (N-methyl/N-ethyl adjacent to an activating group) is 1. The van der Waals surface area contributed by atoms with Crippen molar-refractivity contribution < 1.29 is 14.3 Å².